The molecule has 0 atom stereocenters. The minimum absolute atomic E-state index is 0.166. The van der Waals surface area contributed by atoms with Crippen molar-refractivity contribution in [2.45, 2.75) is 12.7 Å². The molecule has 0 aliphatic heterocycles. The van der Waals surface area contributed by atoms with Gasteiger partial charge < -0.3 is 14.8 Å². The fourth-order valence-corrected chi connectivity index (χ4v) is 4.28. The normalized spacial score (nSPS) is 10.4. The van der Waals surface area contributed by atoms with Crippen LogP contribution in [0.25, 0.3) is 0 Å². The number of esters is 2. The van der Waals surface area contributed by atoms with Crippen molar-refractivity contribution in [1.82, 2.24) is 0 Å². The molecule has 0 bridgehead atoms. The number of ether oxygens (including phenoxy) is 2. The highest BCUT2D eigenvalue weighted by molar-refractivity contribution is 7.99. The van der Waals surface area contributed by atoms with E-state index in [1.54, 1.807) is 19.1 Å². The molecule has 9 heteroatoms. The number of methoxy groups -OCH3 is 2. The molecule has 2 rings (SSSR count). The summed E-state index contributed by atoms with van der Waals surface area (Å²) >= 11 is 8.26. The van der Waals surface area contributed by atoms with E-state index in [-0.39, 0.29) is 27.1 Å². The van der Waals surface area contributed by atoms with Gasteiger partial charge >= 0.3 is 11.9 Å². The van der Waals surface area contributed by atoms with Crippen LogP contribution in [0.5, 0.6) is 0 Å². The van der Waals surface area contributed by atoms with Gasteiger partial charge in [0.05, 0.1) is 25.5 Å². The van der Waals surface area contributed by atoms with E-state index < -0.39 is 11.9 Å². The van der Waals surface area contributed by atoms with Crippen LogP contribution in [0.15, 0.2) is 24.3 Å². The summed E-state index contributed by atoms with van der Waals surface area (Å²) < 4.78 is 9.48. The Hall–Kier alpha value is -2.03. The van der Waals surface area contributed by atoms with Gasteiger partial charge in [0.1, 0.15) is 9.88 Å². The molecular formula is C18H18ClNO5S2. The van der Waals surface area contributed by atoms with Crippen LogP contribution in [0.3, 0.4) is 0 Å². The van der Waals surface area contributed by atoms with Crippen LogP contribution < -0.4 is 5.32 Å². The van der Waals surface area contributed by atoms with Crippen molar-refractivity contribution in [3.8, 4) is 0 Å². The lowest BCUT2D eigenvalue weighted by Crippen LogP contribution is -2.16. The van der Waals surface area contributed by atoms with Crippen molar-refractivity contribution in [2.75, 3.05) is 25.3 Å². The standard InChI is InChI=1S/C18H18ClNO5S2/c1-10-14(17(22)24-2)16(27-15(10)18(23)25-3)20-13(21)9-26-8-11-4-6-12(19)7-5-11/h4-7H,8-9H2,1-3H3,(H,20,21). The van der Waals surface area contributed by atoms with E-state index in [0.29, 0.717) is 16.3 Å². The summed E-state index contributed by atoms with van der Waals surface area (Å²) in [6, 6.07) is 7.38. The smallest absolute Gasteiger partial charge is 0.348 e. The Bertz CT molecular complexity index is 848. The van der Waals surface area contributed by atoms with E-state index in [1.165, 1.54) is 26.0 Å². The lowest BCUT2D eigenvalue weighted by Gasteiger charge is -2.06. The number of thioether (sulfide) groups is 1. The Balaban J connectivity index is 2.06. The zero-order valence-corrected chi connectivity index (χ0v) is 17.3. The summed E-state index contributed by atoms with van der Waals surface area (Å²) in [7, 11) is 2.50. The number of hydrogen-bond donors (Lipinski definition) is 1. The summed E-state index contributed by atoms with van der Waals surface area (Å²) in [5, 5.41) is 3.62. The van der Waals surface area contributed by atoms with Crippen molar-refractivity contribution in [3.05, 3.63) is 50.9 Å². The van der Waals surface area contributed by atoms with Crippen molar-refractivity contribution in [3.63, 3.8) is 0 Å². The van der Waals surface area contributed by atoms with Gasteiger partial charge in [0.25, 0.3) is 0 Å². The van der Waals surface area contributed by atoms with Crippen molar-refractivity contribution in [2.24, 2.45) is 0 Å². The van der Waals surface area contributed by atoms with Gasteiger partial charge in [0.2, 0.25) is 5.91 Å². The van der Waals surface area contributed by atoms with E-state index in [4.69, 9.17) is 21.1 Å². The quantitative estimate of drug-likeness (QED) is 0.668. The molecule has 1 amide bonds. The molecule has 0 radical (unpaired) electrons. The van der Waals surface area contributed by atoms with Gasteiger partial charge in [-0.3, -0.25) is 4.79 Å². The highest BCUT2D eigenvalue weighted by Gasteiger charge is 2.26. The second-order valence-electron chi connectivity index (χ2n) is 5.41. The van der Waals surface area contributed by atoms with Crippen LogP contribution in [0.2, 0.25) is 5.02 Å². The first-order valence-corrected chi connectivity index (χ1v) is 10.1. The van der Waals surface area contributed by atoms with Crippen LogP contribution in [0.4, 0.5) is 5.00 Å². The van der Waals surface area contributed by atoms with E-state index in [2.05, 4.69) is 5.32 Å². The van der Waals surface area contributed by atoms with Gasteiger partial charge in [-0.05, 0) is 30.2 Å². The average molecular weight is 428 g/mol. The third-order valence-electron chi connectivity index (χ3n) is 3.58. The second kappa shape index (κ2) is 9.77. The lowest BCUT2D eigenvalue weighted by atomic mass is 10.1. The zero-order chi connectivity index (χ0) is 20.0. The third kappa shape index (κ3) is 5.47. The Labute approximate surface area is 170 Å². The summed E-state index contributed by atoms with van der Waals surface area (Å²) in [5.74, 6) is -0.640. The summed E-state index contributed by atoms with van der Waals surface area (Å²) in [5.41, 5.74) is 1.63. The van der Waals surface area contributed by atoms with Gasteiger partial charge in [-0.1, -0.05) is 23.7 Å². The molecule has 0 saturated carbocycles. The van der Waals surface area contributed by atoms with Gasteiger partial charge in [-0.2, -0.15) is 0 Å². The molecule has 1 heterocycles. The second-order valence-corrected chi connectivity index (χ2v) is 7.85. The largest absolute Gasteiger partial charge is 0.465 e. The number of amides is 1. The molecular weight excluding hydrogens is 410 g/mol. The highest BCUT2D eigenvalue weighted by atomic mass is 35.5. The average Bonchev–Trinajstić information content (AvgIpc) is 2.98. The molecule has 144 valence electrons. The predicted octanol–water partition coefficient (Wildman–Crippen LogP) is 4.16. The van der Waals surface area contributed by atoms with Crippen LogP contribution >= 0.6 is 34.7 Å². The number of hydrogen-bond acceptors (Lipinski definition) is 7. The summed E-state index contributed by atoms with van der Waals surface area (Å²) in [4.78, 5) is 36.4. The molecule has 1 aromatic carbocycles. The lowest BCUT2D eigenvalue weighted by molar-refractivity contribution is -0.113. The SMILES string of the molecule is COC(=O)c1sc(NC(=O)CSCc2ccc(Cl)cc2)c(C(=O)OC)c1C. The van der Waals surface area contributed by atoms with Crippen LogP contribution in [0, 0.1) is 6.92 Å². The summed E-state index contributed by atoms with van der Waals surface area (Å²) in [6.45, 7) is 1.61. The number of benzene rings is 1. The van der Waals surface area contributed by atoms with E-state index in [9.17, 15) is 14.4 Å². The Morgan fingerprint density at radius 3 is 2.33 bits per heavy atom. The van der Waals surface area contributed by atoms with Crippen molar-refractivity contribution >= 4 is 57.5 Å². The maximum atomic E-state index is 12.3. The van der Waals surface area contributed by atoms with Crippen molar-refractivity contribution < 1.29 is 23.9 Å². The number of rotatable bonds is 7. The van der Waals surface area contributed by atoms with Gasteiger partial charge in [0, 0.05) is 10.8 Å². The number of anilines is 1. The number of nitrogens with one attached hydrogen (secondary N) is 1. The Morgan fingerprint density at radius 1 is 1.11 bits per heavy atom. The van der Waals surface area contributed by atoms with Gasteiger partial charge in [-0.15, -0.1) is 23.1 Å². The number of thiophene rings is 1. The monoisotopic (exact) mass is 427 g/mol. The molecule has 1 N–H and O–H groups in total. The first-order chi connectivity index (χ1) is 12.9. The van der Waals surface area contributed by atoms with Crippen LogP contribution in [-0.2, 0) is 20.0 Å². The summed E-state index contributed by atoms with van der Waals surface area (Å²) in [6.07, 6.45) is 0. The molecule has 0 fully saturated rings. The van der Waals surface area contributed by atoms with E-state index in [1.807, 2.05) is 12.1 Å². The molecule has 6 nitrogen and oxygen atoms in total. The topological polar surface area (TPSA) is 81.7 Å². The Kier molecular flexibility index (Phi) is 7.70. The molecule has 0 unspecified atom stereocenters. The van der Waals surface area contributed by atoms with E-state index in [0.717, 1.165) is 16.9 Å². The first kappa shape index (κ1) is 21.3. The maximum absolute atomic E-state index is 12.3. The first-order valence-electron chi connectivity index (χ1n) is 7.79. The molecule has 2 aromatic rings. The Morgan fingerprint density at radius 2 is 1.74 bits per heavy atom. The fraction of sp³-hybridized carbons (Fsp3) is 0.278. The van der Waals surface area contributed by atoms with Gasteiger partial charge in [-0.25, -0.2) is 9.59 Å². The van der Waals surface area contributed by atoms with E-state index >= 15 is 0 Å². The molecule has 0 saturated heterocycles. The van der Waals surface area contributed by atoms with Crippen molar-refractivity contribution in [1.29, 1.82) is 0 Å². The van der Waals surface area contributed by atoms with Gasteiger partial charge in [0.15, 0.2) is 0 Å². The number of carbonyl (C=O) groups is 3. The molecule has 0 aliphatic rings. The number of carbonyl (C=O) groups excluding carboxylic acids is 3. The van der Waals surface area contributed by atoms with Crippen LogP contribution in [0.1, 0.15) is 31.2 Å². The highest BCUT2D eigenvalue weighted by Crippen LogP contribution is 2.34. The number of halogens is 1. The molecule has 0 aliphatic carbocycles. The fourth-order valence-electron chi connectivity index (χ4n) is 2.24. The molecule has 1 aromatic heterocycles. The zero-order valence-electron chi connectivity index (χ0n) is 15.0. The maximum Gasteiger partial charge on any atom is 0.348 e. The predicted molar refractivity (Wildman–Crippen MR) is 108 cm³/mol. The molecule has 27 heavy (non-hydrogen) atoms. The minimum Gasteiger partial charge on any atom is -0.465 e. The minimum atomic E-state index is -0.622. The van der Waals surface area contributed by atoms with Crippen LogP contribution in [-0.4, -0.2) is 37.8 Å². The third-order valence-corrected chi connectivity index (χ3v) is 6.02. The molecule has 0 spiro atoms.